The zero-order valence-electron chi connectivity index (χ0n) is 19.4. The van der Waals surface area contributed by atoms with Crippen molar-refractivity contribution >= 4 is 40.1 Å². The molecule has 8 nitrogen and oxygen atoms in total. The molecule has 0 aliphatic carbocycles. The van der Waals surface area contributed by atoms with E-state index in [2.05, 4.69) is 46.3 Å². The maximum absolute atomic E-state index is 9.36. The topological polar surface area (TPSA) is 93.2 Å². The summed E-state index contributed by atoms with van der Waals surface area (Å²) >= 11 is 6.30. The molecule has 2 fully saturated rings. The second-order valence-electron chi connectivity index (χ2n) is 9.63. The number of nitrogens with one attached hydrogen (secondary N) is 2. The molecule has 2 saturated heterocycles. The molecule has 3 aromatic rings. The van der Waals surface area contributed by atoms with Crippen molar-refractivity contribution in [3.05, 3.63) is 35.0 Å². The van der Waals surface area contributed by atoms with Gasteiger partial charge in [-0.2, -0.15) is 10.1 Å². The molecule has 2 aliphatic heterocycles. The number of aromatic amines is 1. The highest BCUT2D eigenvalue weighted by atomic mass is 35.5. The molecule has 1 aromatic carbocycles. The van der Waals surface area contributed by atoms with Gasteiger partial charge in [0.15, 0.2) is 5.82 Å². The van der Waals surface area contributed by atoms with Crippen LogP contribution in [0.15, 0.2) is 24.3 Å². The Morgan fingerprint density at radius 2 is 2.09 bits per heavy atom. The third kappa shape index (κ3) is 4.39. The molecular formula is C24H32ClN7O. The standard InChI is InChI=1S/C24H32ClN7O/c1-14-5-4-6-17-11-18(12-21(14)31(17)2)32(3)24-26-20-9-15(25)7-8-19(20)23(28-24)27-22-10-16(13-33)29-30-22/h7-10,14,17-18,21,33H,4-6,11-13H2,1-3H3,(H2,26,27,28,29,30). The molecule has 0 radical (unpaired) electrons. The first-order valence-electron chi connectivity index (χ1n) is 11.8. The average Bonchev–Trinajstić information content (AvgIpc) is 3.24. The first-order chi connectivity index (χ1) is 15.9. The number of aliphatic hydroxyl groups is 1. The summed E-state index contributed by atoms with van der Waals surface area (Å²) in [6, 6.07) is 9.00. The molecular weight excluding hydrogens is 438 g/mol. The lowest BCUT2D eigenvalue weighted by Crippen LogP contribution is -2.53. The van der Waals surface area contributed by atoms with Crippen LogP contribution < -0.4 is 10.2 Å². The summed E-state index contributed by atoms with van der Waals surface area (Å²) < 4.78 is 0. The molecule has 4 unspecified atom stereocenters. The third-order valence-electron chi connectivity index (χ3n) is 7.57. The van der Waals surface area contributed by atoms with Crippen molar-refractivity contribution in [1.29, 1.82) is 0 Å². The van der Waals surface area contributed by atoms with E-state index in [4.69, 9.17) is 21.6 Å². The van der Waals surface area contributed by atoms with Crippen molar-refractivity contribution in [3.63, 3.8) is 0 Å². The van der Waals surface area contributed by atoms with E-state index in [-0.39, 0.29) is 6.61 Å². The Morgan fingerprint density at radius 1 is 1.24 bits per heavy atom. The molecule has 176 valence electrons. The molecule has 5 rings (SSSR count). The van der Waals surface area contributed by atoms with Crippen LogP contribution in [0.4, 0.5) is 17.6 Å². The van der Waals surface area contributed by atoms with Crippen molar-refractivity contribution < 1.29 is 5.11 Å². The van der Waals surface area contributed by atoms with Gasteiger partial charge in [-0.25, -0.2) is 4.98 Å². The first kappa shape index (κ1) is 22.4. The minimum Gasteiger partial charge on any atom is -0.390 e. The molecule has 33 heavy (non-hydrogen) atoms. The lowest BCUT2D eigenvalue weighted by atomic mass is 9.86. The third-order valence-corrected chi connectivity index (χ3v) is 7.80. The van der Waals surface area contributed by atoms with Gasteiger partial charge in [0, 0.05) is 41.6 Å². The van der Waals surface area contributed by atoms with Crippen LogP contribution in [0.2, 0.25) is 5.02 Å². The van der Waals surface area contributed by atoms with Crippen molar-refractivity contribution in [2.45, 2.75) is 63.8 Å². The highest BCUT2D eigenvalue weighted by molar-refractivity contribution is 6.31. The molecule has 2 aliphatic rings. The van der Waals surface area contributed by atoms with Crippen LogP contribution in [0.3, 0.4) is 0 Å². The summed E-state index contributed by atoms with van der Waals surface area (Å²) in [5.41, 5.74) is 1.43. The van der Waals surface area contributed by atoms with Gasteiger partial charge in [-0.3, -0.25) is 5.10 Å². The SMILES string of the molecule is CC1CCCC2CC(N(C)c3nc(Nc4cc(CO)[nH]n4)c4ccc(Cl)cc4n3)CC1N2C. The maximum Gasteiger partial charge on any atom is 0.227 e. The first-order valence-corrected chi connectivity index (χ1v) is 12.1. The van der Waals surface area contributed by atoms with Crippen molar-refractivity contribution in [2.75, 3.05) is 24.3 Å². The number of H-pyrrole nitrogens is 1. The minimum atomic E-state index is -0.0975. The average molecular weight is 470 g/mol. The number of piperidine rings is 1. The number of anilines is 3. The monoisotopic (exact) mass is 469 g/mol. The second-order valence-corrected chi connectivity index (χ2v) is 10.1. The fourth-order valence-corrected chi connectivity index (χ4v) is 5.73. The van der Waals surface area contributed by atoms with Crippen LogP contribution in [0.5, 0.6) is 0 Å². The summed E-state index contributed by atoms with van der Waals surface area (Å²) in [5.74, 6) is 2.66. The van der Waals surface area contributed by atoms with E-state index >= 15 is 0 Å². The van der Waals surface area contributed by atoms with E-state index < -0.39 is 0 Å². The van der Waals surface area contributed by atoms with Gasteiger partial charge in [0.2, 0.25) is 5.95 Å². The highest BCUT2D eigenvalue weighted by Gasteiger charge is 2.39. The van der Waals surface area contributed by atoms with Crippen molar-refractivity contribution in [2.24, 2.45) is 5.92 Å². The van der Waals surface area contributed by atoms with Gasteiger partial charge < -0.3 is 20.2 Å². The lowest BCUT2D eigenvalue weighted by molar-refractivity contribution is 0.0796. The summed E-state index contributed by atoms with van der Waals surface area (Å²) in [6.45, 7) is 2.30. The molecule has 2 bridgehead atoms. The number of nitrogens with zero attached hydrogens (tertiary/aromatic N) is 5. The summed E-state index contributed by atoms with van der Waals surface area (Å²) in [4.78, 5) is 14.7. The summed E-state index contributed by atoms with van der Waals surface area (Å²) in [5, 5.41) is 21.2. The number of aromatic nitrogens is 4. The smallest absolute Gasteiger partial charge is 0.227 e. The van der Waals surface area contributed by atoms with Gasteiger partial charge in [-0.05, 0) is 56.8 Å². The Kier molecular flexibility index (Phi) is 6.16. The van der Waals surface area contributed by atoms with Gasteiger partial charge in [-0.15, -0.1) is 0 Å². The Balaban J connectivity index is 1.49. The normalized spacial score (nSPS) is 25.7. The molecule has 9 heteroatoms. The van der Waals surface area contributed by atoms with Crippen LogP contribution in [0.25, 0.3) is 10.9 Å². The number of hydrogen-bond acceptors (Lipinski definition) is 7. The largest absolute Gasteiger partial charge is 0.390 e. The van der Waals surface area contributed by atoms with E-state index in [1.165, 1.54) is 19.3 Å². The van der Waals surface area contributed by atoms with E-state index in [1.54, 1.807) is 6.07 Å². The molecule has 4 atom stereocenters. The zero-order valence-corrected chi connectivity index (χ0v) is 20.2. The van der Waals surface area contributed by atoms with Gasteiger partial charge in [-0.1, -0.05) is 24.9 Å². The Bertz CT molecular complexity index is 1140. The van der Waals surface area contributed by atoms with Crippen LogP contribution >= 0.6 is 11.6 Å². The number of aliphatic hydroxyl groups excluding tert-OH is 1. The summed E-state index contributed by atoms with van der Waals surface area (Å²) in [7, 11) is 4.41. The Labute approximate surface area is 199 Å². The number of halogens is 1. The number of benzene rings is 1. The predicted octanol–water partition coefficient (Wildman–Crippen LogP) is 4.33. The van der Waals surface area contributed by atoms with E-state index in [0.717, 1.165) is 23.7 Å². The highest BCUT2D eigenvalue weighted by Crippen LogP contribution is 2.37. The van der Waals surface area contributed by atoms with Gasteiger partial charge in [0.05, 0.1) is 17.8 Å². The molecule has 4 heterocycles. The Hall–Kier alpha value is -2.42. The van der Waals surface area contributed by atoms with Crippen molar-refractivity contribution in [3.8, 4) is 0 Å². The number of rotatable bonds is 5. The van der Waals surface area contributed by atoms with E-state index in [0.29, 0.717) is 52.3 Å². The molecule has 0 spiro atoms. The molecule has 0 saturated carbocycles. The fourth-order valence-electron chi connectivity index (χ4n) is 5.57. The minimum absolute atomic E-state index is 0.0975. The van der Waals surface area contributed by atoms with Crippen LogP contribution in [0.1, 0.15) is 44.7 Å². The lowest BCUT2D eigenvalue weighted by Gasteiger charge is -2.46. The van der Waals surface area contributed by atoms with E-state index in [1.807, 2.05) is 18.2 Å². The zero-order chi connectivity index (χ0) is 23.1. The molecule has 2 aromatic heterocycles. The van der Waals surface area contributed by atoms with Crippen LogP contribution in [0, 0.1) is 5.92 Å². The quantitative estimate of drug-likeness (QED) is 0.512. The number of hydrogen-bond donors (Lipinski definition) is 3. The van der Waals surface area contributed by atoms with Crippen molar-refractivity contribution in [1.82, 2.24) is 25.1 Å². The number of fused-ring (bicyclic) bond motifs is 3. The molecule has 0 amide bonds. The fraction of sp³-hybridized carbons (Fsp3) is 0.542. The van der Waals surface area contributed by atoms with Gasteiger partial charge in [0.25, 0.3) is 0 Å². The predicted molar refractivity (Wildman–Crippen MR) is 132 cm³/mol. The van der Waals surface area contributed by atoms with Gasteiger partial charge >= 0.3 is 0 Å². The van der Waals surface area contributed by atoms with Gasteiger partial charge in [0.1, 0.15) is 5.82 Å². The van der Waals surface area contributed by atoms with Crippen LogP contribution in [-0.2, 0) is 6.61 Å². The van der Waals surface area contributed by atoms with E-state index in [9.17, 15) is 5.11 Å². The molecule has 3 N–H and O–H groups in total. The Morgan fingerprint density at radius 3 is 2.88 bits per heavy atom. The maximum atomic E-state index is 9.36. The van der Waals surface area contributed by atoms with Crippen LogP contribution in [-0.4, -0.2) is 62.4 Å². The second kappa shape index (κ2) is 9.08. The summed E-state index contributed by atoms with van der Waals surface area (Å²) in [6.07, 6.45) is 6.11.